The van der Waals surface area contributed by atoms with Gasteiger partial charge in [0.2, 0.25) is 0 Å². The van der Waals surface area contributed by atoms with Crippen LogP contribution in [-0.2, 0) is 21.1 Å². The lowest BCUT2D eigenvalue weighted by Gasteiger charge is -2.17. The molecule has 2 aromatic rings. The number of sulfone groups is 1. The molecule has 0 saturated heterocycles. The SMILES string of the molecule is Cc1ncc(Cn2nnc(C(C)(C)S(C)(=O)=O)n2)s1. The number of rotatable bonds is 4. The Labute approximate surface area is 115 Å². The molecule has 0 aliphatic carbocycles. The number of aryl methyl sites for hydroxylation is 1. The van der Waals surface area contributed by atoms with Crippen molar-refractivity contribution in [2.45, 2.75) is 32.1 Å². The molecule has 0 aliphatic rings. The Morgan fingerprint density at radius 2 is 2.11 bits per heavy atom. The lowest BCUT2D eigenvalue weighted by molar-refractivity contribution is 0.542. The molecule has 9 heteroatoms. The minimum absolute atomic E-state index is 0.205. The highest BCUT2D eigenvalue weighted by Gasteiger charge is 2.37. The van der Waals surface area contributed by atoms with Gasteiger partial charge in [-0.15, -0.1) is 21.5 Å². The van der Waals surface area contributed by atoms with Gasteiger partial charge in [-0.2, -0.15) is 4.80 Å². The van der Waals surface area contributed by atoms with Gasteiger partial charge in [-0.1, -0.05) is 0 Å². The monoisotopic (exact) mass is 301 g/mol. The third kappa shape index (κ3) is 2.81. The van der Waals surface area contributed by atoms with E-state index >= 15 is 0 Å². The first kappa shape index (κ1) is 14.1. The van der Waals surface area contributed by atoms with Gasteiger partial charge in [0.15, 0.2) is 15.7 Å². The summed E-state index contributed by atoms with van der Waals surface area (Å²) in [6.45, 7) is 5.50. The van der Waals surface area contributed by atoms with Crippen molar-refractivity contribution in [3.8, 4) is 0 Å². The molecule has 0 N–H and O–H groups in total. The zero-order valence-corrected chi connectivity index (χ0v) is 12.8. The van der Waals surface area contributed by atoms with Crippen LogP contribution in [0.2, 0.25) is 0 Å². The fourth-order valence-electron chi connectivity index (χ4n) is 1.33. The summed E-state index contributed by atoms with van der Waals surface area (Å²) in [5.41, 5.74) is 0. The van der Waals surface area contributed by atoms with Crippen molar-refractivity contribution in [3.05, 3.63) is 21.9 Å². The van der Waals surface area contributed by atoms with Crippen LogP contribution in [0.15, 0.2) is 6.20 Å². The fraction of sp³-hybridized carbons (Fsp3) is 0.600. The number of hydrogen-bond donors (Lipinski definition) is 0. The molecule has 7 nitrogen and oxygen atoms in total. The molecule has 2 rings (SSSR count). The van der Waals surface area contributed by atoms with Gasteiger partial charge in [-0.3, -0.25) is 0 Å². The predicted octanol–water partition coefficient (Wildman–Crippen LogP) is 0.766. The molecule has 0 saturated carbocycles. The van der Waals surface area contributed by atoms with Gasteiger partial charge in [-0.25, -0.2) is 13.4 Å². The van der Waals surface area contributed by atoms with Crippen molar-refractivity contribution >= 4 is 21.2 Å². The van der Waals surface area contributed by atoms with Gasteiger partial charge in [0.1, 0.15) is 4.75 Å². The van der Waals surface area contributed by atoms with Crippen LogP contribution in [0.1, 0.15) is 29.6 Å². The van der Waals surface area contributed by atoms with E-state index in [4.69, 9.17) is 0 Å². The van der Waals surface area contributed by atoms with E-state index in [9.17, 15) is 8.42 Å². The van der Waals surface area contributed by atoms with Crippen LogP contribution in [0.25, 0.3) is 0 Å². The maximum absolute atomic E-state index is 11.7. The molecule has 0 fully saturated rings. The molecular formula is C10H15N5O2S2. The van der Waals surface area contributed by atoms with E-state index < -0.39 is 14.6 Å². The Kier molecular flexibility index (Phi) is 3.43. The molecule has 19 heavy (non-hydrogen) atoms. The number of aromatic nitrogens is 5. The first-order chi connectivity index (χ1) is 8.70. The summed E-state index contributed by atoms with van der Waals surface area (Å²) in [6, 6.07) is 0. The van der Waals surface area contributed by atoms with E-state index in [1.807, 2.05) is 6.92 Å². The third-order valence-electron chi connectivity index (χ3n) is 2.88. The van der Waals surface area contributed by atoms with E-state index in [0.717, 1.165) is 9.88 Å². The maximum Gasteiger partial charge on any atom is 0.195 e. The van der Waals surface area contributed by atoms with Crippen LogP contribution in [-0.4, -0.2) is 39.9 Å². The van der Waals surface area contributed by atoms with Crippen LogP contribution in [0.4, 0.5) is 0 Å². The summed E-state index contributed by atoms with van der Waals surface area (Å²) in [4.78, 5) is 6.52. The summed E-state index contributed by atoms with van der Waals surface area (Å²) < 4.78 is 22.3. The summed E-state index contributed by atoms with van der Waals surface area (Å²) in [5, 5.41) is 12.8. The van der Waals surface area contributed by atoms with Crippen LogP contribution in [0, 0.1) is 6.92 Å². The van der Waals surface area contributed by atoms with Crippen LogP contribution >= 0.6 is 11.3 Å². The predicted molar refractivity (Wildman–Crippen MR) is 71.6 cm³/mol. The Bertz CT molecular complexity index is 686. The average molecular weight is 301 g/mol. The summed E-state index contributed by atoms with van der Waals surface area (Å²) in [7, 11) is -3.30. The lowest BCUT2D eigenvalue weighted by atomic mass is 10.2. The normalized spacial score (nSPS) is 12.8. The number of nitrogens with zero attached hydrogens (tertiary/aromatic N) is 5. The summed E-state index contributed by atoms with van der Waals surface area (Å²) >= 11 is 1.55. The molecule has 0 spiro atoms. The quantitative estimate of drug-likeness (QED) is 0.828. The van der Waals surface area contributed by atoms with Crippen molar-refractivity contribution < 1.29 is 8.42 Å². The Hall–Kier alpha value is -1.35. The van der Waals surface area contributed by atoms with Crippen LogP contribution in [0.5, 0.6) is 0 Å². The molecule has 0 aromatic carbocycles. The molecule has 0 unspecified atom stereocenters. The average Bonchev–Trinajstić information content (AvgIpc) is 2.87. The highest BCUT2D eigenvalue weighted by Crippen LogP contribution is 2.25. The molecule has 104 valence electrons. The molecule has 0 aliphatic heterocycles. The minimum atomic E-state index is -3.30. The minimum Gasteiger partial charge on any atom is -0.250 e. The van der Waals surface area contributed by atoms with Gasteiger partial charge < -0.3 is 0 Å². The van der Waals surface area contributed by atoms with Gasteiger partial charge in [0.25, 0.3) is 0 Å². The maximum atomic E-state index is 11.7. The van der Waals surface area contributed by atoms with Gasteiger partial charge in [0.05, 0.1) is 11.6 Å². The zero-order valence-electron chi connectivity index (χ0n) is 11.2. The molecule has 2 heterocycles. The number of hydrogen-bond acceptors (Lipinski definition) is 7. The lowest BCUT2D eigenvalue weighted by Crippen LogP contribution is -2.29. The van der Waals surface area contributed by atoms with Crippen molar-refractivity contribution in [1.82, 2.24) is 25.2 Å². The third-order valence-corrected chi connectivity index (χ3v) is 5.82. The van der Waals surface area contributed by atoms with Gasteiger partial charge in [-0.05, 0) is 26.0 Å². The van der Waals surface area contributed by atoms with Crippen LogP contribution < -0.4 is 0 Å². The van der Waals surface area contributed by atoms with E-state index in [1.165, 1.54) is 11.1 Å². The number of tetrazole rings is 1. The van der Waals surface area contributed by atoms with Crippen molar-refractivity contribution in [3.63, 3.8) is 0 Å². The molecule has 0 bridgehead atoms. The van der Waals surface area contributed by atoms with E-state index in [-0.39, 0.29) is 5.82 Å². The second kappa shape index (κ2) is 4.64. The first-order valence-electron chi connectivity index (χ1n) is 5.59. The van der Waals surface area contributed by atoms with Crippen molar-refractivity contribution in [1.29, 1.82) is 0 Å². The summed E-state index contributed by atoms with van der Waals surface area (Å²) in [5.74, 6) is 0.205. The van der Waals surface area contributed by atoms with Gasteiger partial charge in [0, 0.05) is 17.3 Å². The van der Waals surface area contributed by atoms with Gasteiger partial charge >= 0.3 is 0 Å². The molecule has 0 amide bonds. The molecule has 0 atom stereocenters. The van der Waals surface area contributed by atoms with E-state index in [2.05, 4.69) is 20.4 Å². The standard InChI is InChI=1S/C10H15N5O2S2/c1-7-11-5-8(18-7)6-15-13-9(12-14-15)10(2,3)19(4,16)17/h5H,6H2,1-4H3. The second-order valence-electron chi connectivity index (χ2n) is 4.77. The highest BCUT2D eigenvalue weighted by atomic mass is 32.2. The largest absolute Gasteiger partial charge is 0.250 e. The summed E-state index contributed by atoms with van der Waals surface area (Å²) in [6.07, 6.45) is 2.92. The molecular weight excluding hydrogens is 286 g/mol. The zero-order chi connectivity index (χ0) is 14.3. The van der Waals surface area contributed by atoms with E-state index in [0.29, 0.717) is 6.54 Å². The Morgan fingerprint density at radius 1 is 1.42 bits per heavy atom. The Morgan fingerprint density at radius 3 is 2.63 bits per heavy atom. The first-order valence-corrected chi connectivity index (χ1v) is 8.30. The molecule has 2 aromatic heterocycles. The Balaban J connectivity index is 2.25. The van der Waals surface area contributed by atoms with Crippen molar-refractivity contribution in [2.75, 3.05) is 6.26 Å². The van der Waals surface area contributed by atoms with Crippen molar-refractivity contribution in [2.24, 2.45) is 0 Å². The topological polar surface area (TPSA) is 90.6 Å². The number of thiazole rings is 1. The smallest absolute Gasteiger partial charge is 0.195 e. The highest BCUT2D eigenvalue weighted by molar-refractivity contribution is 7.91. The second-order valence-corrected chi connectivity index (χ2v) is 8.66. The van der Waals surface area contributed by atoms with E-state index in [1.54, 1.807) is 31.4 Å². The molecule has 0 radical (unpaired) electrons. The van der Waals surface area contributed by atoms with Crippen LogP contribution in [0.3, 0.4) is 0 Å². The fourth-order valence-corrected chi connectivity index (χ4v) is 2.52.